The maximum Gasteiger partial charge on any atom is 0.231 e. The van der Waals surface area contributed by atoms with Gasteiger partial charge in [-0.3, -0.25) is 0 Å². The number of nitrogens with zero attached hydrogens (tertiary/aromatic N) is 2. The number of oxazole rings is 2. The van der Waals surface area contributed by atoms with Crippen molar-refractivity contribution in [3.8, 4) is 34.4 Å². The van der Waals surface area contributed by atoms with Gasteiger partial charge in [0.25, 0.3) is 0 Å². The molecule has 6 nitrogen and oxygen atoms in total. The number of phenolic OH excluding ortho intramolecular Hbond substituents is 2. The first-order valence-corrected chi connectivity index (χ1v) is 7.97. The second kappa shape index (κ2) is 5.35. The number of rotatable bonds is 2. The SMILES string of the molecule is Oc1ccccc1-c1nc2cc3oc(-c4ccccc4O)nc3cc2o1. The summed E-state index contributed by atoms with van der Waals surface area (Å²) in [5, 5.41) is 19.9. The van der Waals surface area contributed by atoms with E-state index in [1.165, 1.54) is 0 Å². The molecule has 0 atom stereocenters. The van der Waals surface area contributed by atoms with Crippen molar-refractivity contribution < 1.29 is 19.0 Å². The Bertz CT molecular complexity index is 1120. The Labute approximate surface area is 147 Å². The van der Waals surface area contributed by atoms with Gasteiger partial charge in [-0.1, -0.05) is 24.3 Å². The van der Waals surface area contributed by atoms with Gasteiger partial charge in [0.05, 0.1) is 11.1 Å². The Morgan fingerprint density at radius 2 is 1.04 bits per heavy atom. The molecule has 0 fully saturated rings. The van der Waals surface area contributed by atoms with Crippen LogP contribution < -0.4 is 0 Å². The van der Waals surface area contributed by atoms with Crippen molar-refractivity contribution in [2.75, 3.05) is 0 Å². The Morgan fingerprint density at radius 3 is 1.46 bits per heavy atom. The van der Waals surface area contributed by atoms with E-state index in [-0.39, 0.29) is 11.5 Å². The molecule has 0 bridgehead atoms. The van der Waals surface area contributed by atoms with Gasteiger partial charge in [0.1, 0.15) is 22.5 Å². The lowest BCUT2D eigenvalue weighted by Crippen LogP contribution is -1.77. The highest BCUT2D eigenvalue weighted by molar-refractivity contribution is 5.91. The standard InChI is InChI=1S/C20H12N2O4/c23-15-7-3-1-5-11(15)19-21-13-9-18-14(10-17(13)25-19)22-20(26-18)12-6-2-4-8-16(12)24/h1-10,23-24H. The molecule has 5 aromatic rings. The molecule has 26 heavy (non-hydrogen) atoms. The van der Waals surface area contributed by atoms with E-state index in [4.69, 9.17) is 8.83 Å². The van der Waals surface area contributed by atoms with Crippen LogP contribution in [-0.4, -0.2) is 20.2 Å². The van der Waals surface area contributed by atoms with Crippen LogP contribution in [0.1, 0.15) is 0 Å². The summed E-state index contributed by atoms with van der Waals surface area (Å²) in [6.07, 6.45) is 0. The average Bonchev–Trinajstić information content (AvgIpc) is 3.23. The van der Waals surface area contributed by atoms with Crippen molar-refractivity contribution in [2.45, 2.75) is 0 Å². The quantitative estimate of drug-likeness (QED) is 0.481. The number of benzene rings is 3. The van der Waals surface area contributed by atoms with Crippen LogP contribution >= 0.6 is 0 Å². The highest BCUT2D eigenvalue weighted by Crippen LogP contribution is 2.35. The van der Waals surface area contributed by atoms with Crippen LogP contribution in [0.5, 0.6) is 11.5 Å². The van der Waals surface area contributed by atoms with Gasteiger partial charge in [0.2, 0.25) is 11.8 Å². The van der Waals surface area contributed by atoms with Crippen LogP contribution in [0.25, 0.3) is 45.1 Å². The second-order valence-electron chi connectivity index (χ2n) is 5.86. The second-order valence-corrected chi connectivity index (χ2v) is 5.86. The Morgan fingerprint density at radius 1 is 0.615 bits per heavy atom. The minimum atomic E-state index is 0.0997. The molecule has 0 unspecified atom stereocenters. The Hall–Kier alpha value is -3.80. The van der Waals surface area contributed by atoms with Crippen LogP contribution in [0.4, 0.5) is 0 Å². The summed E-state index contributed by atoms with van der Waals surface area (Å²) in [4.78, 5) is 8.86. The number of aromatic nitrogens is 2. The number of hydrogen-bond donors (Lipinski definition) is 2. The normalized spacial score (nSPS) is 11.4. The van der Waals surface area contributed by atoms with E-state index in [1.54, 1.807) is 60.7 Å². The monoisotopic (exact) mass is 344 g/mol. The smallest absolute Gasteiger partial charge is 0.231 e. The van der Waals surface area contributed by atoms with Crippen LogP contribution in [-0.2, 0) is 0 Å². The number of phenols is 2. The van der Waals surface area contributed by atoms with Crippen molar-refractivity contribution in [2.24, 2.45) is 0 Å². The summed E-state index contributed by atoms with van der Waals surface area (Å²) >= 11 is 0. The molecule has 0 spiro atoms. The molecule has 0 aliphatic rings. The van der Waals surface area contributed by atoms with Crippen LogP contribution in [0.3, 0.4) is 0 Å². The summed E-state index contributed by atoms with van der Waals surface area (Å²) in [6.45, 7) is 0. The highest BCUT2D eigenvalue weighted by atomic mass is 16.4. The van der Waals surface area contributed by atoms with Gasteiger partial charge in [0.15, 0.2) is 11.2 Å². The summed E-state index contributed by atoms with van der Waals surface area (Å²) in [5.41, 5.74) is 3.29. The number of hydrogen-bond acceptors (Lipinski definition) is 6. The van der Waals surface area contributed by atoms with Gasteiger partial charge < -0.3 is 19.0 Å². The maximum absolute atomic E-state index is 9.97. The van der Waals surface area contributed by atoms with Crippen LogP contribution in [0, 0.1) is 0 Å². The van der Waals surface area contributed by atoms with E-state index >= 15 is 0 Å². The molecule has 5 rings (SSSR count). The molecule has 6 heteroatoms. The van der Waals surface area contributed by atoms with E-state index in [2.05, 4.69) is 9.97 Å². The topological polar surface area (TPSA) is 92.5 Å². The molecular formula is C20H12N2O4. The molecule has 2 heterocycles. The largest absolute Gasteiger partial charge is 0.507 e. The first-order chi connectivity index (χ1) is 12.7. The first kappa shape index (κ1) is 14.5. The van der Waals surface area contributed by atoms with Crippen molar-refractivity contribution in [3.05, 3.63) is 60.7 Å². The minimum Gasteiger partial charge on any atom is -0.507 e. The fraction of sp³-hybridized carbons (Fsp3) is 0. The van der Waals surface area contributed by atoms with E-state index < -0.39 is 0 Å². The minimum absolute atomic E-state index is 0.0997. The zero-order valence-corrected chi connectivity index (χ0v) is 13.4. The zero-order valence-electron chi connectivity index (χ0n) is 13.4. The molecule has 0 saturated carbocycles. The predicted octanol–water partition coefficient (Wildman–Crippen LogP) is 4.71. The summed E-state index contributed by atoms with van der Waals surface area (Å²) in [5.74, 6) is 0.851. The van der Waals surface area contributed by atoms with Crippen molar-refractivity contribution >= 4 is 22.2 Å². The molecular weight excluding hydrogens is 332 g/mol. The number of para-hydroxylation sites is 2. The van der Waals surface area contributed by atoms with E-state index in [9.17, 15) is 10.2 Å². The van der Waals surface area contributed by atoms with Gasteiger partial charge in [-0.15, -0.1) is 0 Å². The van der Waals surface area contributed by atoms with Crippen LogP contribution in [0.2, 0.25) is 0 Å². The summed E-state index contributed by atoms with van der Waals surface area (Å²) in [6, 6.07) is 17.2. The number of fused-ring (bicyclic) bond motifs is 2. The molecule has 0 amide bonds. The maximum atomic E-state index is 9.97. The molecule has 0 radical (unpaired) electrons. The molecule has 3 aromatic carbocycles. The predicted molar refractivity (Wildman–Crippen MR) is 95.8 cm³/mol. The van der Waals surface area contributed by atoms with Gasteiger partial charge in [-0.2, -0.15) is 0 Å². The van der Waals surface area contributed by atoms with Gasteiger partial charge in [0, 0.05) is 12.1 Å². The summed E-state index contributed by atoms with van der Waals surface area (Å²) < 4.78 is 11.6. The Balaban J connectivity index is 1.66. The van der Waals surface area contributed by atoms with Crippen LogP contribution in [0.15, 0.2) is 69.5 Å². The third-order valence-corrected chi connectivity index (χ3v) is 4.17. The molecule has 126 valence electrons. The van der Waals surface area contributed by atoms with Crippen molar-refractivity contribution in [1.82, 2.24) is 9.97 Å². The lowest BCUT2D eigenvalue weighted by molar-refractivity contribution is 0.473. The Kier molecular flexibility index (Phi) is 2.99. The van der Waals surface area contributed by atoms with E-state index in [0.29, 0.717) is 45.1 Å². The lowest BCUT2D eigenvalue weighted by atomic mass is 10.2. The molecule has 0 aliphatic heterocycles. The van der Waals surface area contributed by atoms with E-state index in [1.807, 2.05) is 0 Å². The molecule has 0 aliphatic carbocycles. The van der Waals surface area contributed by atoms with Crippen molar-refractivity contribution in [3.63, 3.8) is 0 Å². The fourth-order valence-corrected chi connectivity index (χ4v) is 2.89. The van der Waals surface area contributed by atoms with Gasteiger partial charge >= 0.3 is 0 Å². The van der Waals surface area contributed by atoms with Crippen molar-refractivity contribution in [1.29, 1.82) is 0 Å². The first-order valence-electron chi connectivity index (χ1n) is 7.97. The van der Waals surface area contributed by atoms with E-state index in [0.717, 1.165) is 0 Å². The lowest BCUT2D eigenvalue weighted by Gasteiger charge is -1.97. The molecule has 2 aromatic heterocycles. The summed E-state index contributed by atoms with van der Waals surface area (Å²) in [7, 11) is 0. The molecule has 2 N–H and O–H groups in total. The molecule has 0 saturated heterocycles. The van der Waals surface area contributed by atoms with Gasteiger partial charge in [-0.05, 0) is 24.3 Å². The zero-order chi connectivity index (χ0) is 17.7. The third kappa shape index (κ3) is 2.20. The number of aromatic hydroxyl groups is 2. The fourth-order valence-electron chi connectivity index (χ4n) is 2.89. The average molecular weight is 344 g/mol. The third-order valence-electron chi connectivity index (χ3n) is 4.17. The van der Waals surface area contributed by atoms with Gasteiger partial charge in [-0.25, -0.2) is 9.97 Å². The highest BCUT2D eigenvalue weighted by Gasteiger charge is 2.16.